The molecule has 1 rings (SSSR count). The molecule has 160 valence electrons. The molecule has 6 heteroatoms. The molecule has 29 heavy (non-hydrogen) atoms. The molecule has 1 aromatic rings. The van der Waals surface area contributed by atoms with Crippen molar-refractivity contribution < 1.29 is 14.0 Å². The SMILES string of the molecule is C/C=C(\C=C(/C)C(=O)N/N=C/c1ccc(C)o1)NC(=O)C=C(C)C.C=CC.CC. The first-order chi connectivity index (χ1) is 13.7. The molecule has 0 aromatic carbocycles. The lowest BCUT2D eigenvalue weighted by Crippen LogP contribution is -2.22. The first kappa shape index (κ1) is 28.1. The third kappa shape index (κ3) is 14.6. The number of amides is 2. The molecule has 1 heterocycles. The quantitative estimate of drug-likeness (QED) is 0.226. The zero-order chi connectivity index (χ0) is 22.8. The molecule has 0 fully saturated rings. The van der Waals surface area contributed by atoms with Crippen LogP contribution >= 0.6 is 0 Å². The zero-order valence-electron chi connectivity index (χ0n) is 18.9. The molecule has 1 aromatic heterocycles. The summed E-state index contributed by atoms with van der Waals surface area (Å²) in [5.41, 5.74) is 4.25. The summed E-state index contributed by atoms with van der Waals surface area (Å²) in [4.78, 5) is 23.7. The molecule has 2 amide bonds. The van der Waals surface area contributed by atoms with Crippen molar-refractivity contribution in [3.8, 4) is 0 Å². The molecule has 0 unspecified atom stereocenters. The second-order valence-electron chi connectivity index (χ2n) is 5.84. The molecule has 0 aliphatic rings. The molecule has 0 saturated heterocycles. The Morgan fingerprint density at radius 3 is 2.14 bits per heavy atom. The van der Waals surface area contributed by atoms with Crippen molar-refractivity contribution in [1.82, 2.24) is 10.7 Å². The number of hydrogen-bond acceptors (Lipinski definition) is 4. The van der Waals surface area contributed by atoms with Gasteiger partial charge in [0.25, 0.3) is 5.91 Å². The van der Waals surface area contributed by atoms with Crippen molar-refractivity contribution in [2.75, 3.05) is 0 Å². The number of aryl methyl sites for hydroxylation is 1. The van der Waals surface area contributed by atoms with Crippen molar-refractivity contribution in [2.24, 2.45) is 5.10 Å². The highest BCUT2D eigenvalue weighted by molar-refractivity contribution is 5.94. The van der Waals surface area contributed by atoms with Gasteiger partial charge in [0, 0.05) is 17.3 Å². The first-order valence-electron chi connectivity index (χ1n) is 9.50. The topological polar surface area (TPSA) is 83.7 Å². The Hall–Kier alpha value is -3.15. The molecule has 0 atom stereocenters. The lowest BCUT2D eigenvalue weighted by Gasteiger charge is -2.05. The highest BCUT2D eigenvalue weighted by Crippen LogP contribution is 2.03. The van der Waals surface area contributed by atoms with Gasteiger partial charge in [0.2, 0.25) is 5.91 Å². The molecule has 0 bridgehead atoms. The fourth-order valence-corrected chi connectivity index (χ4v) is 1.70. The Bertz CT molecular complexity index is 762. The van der Waals surface area contributed by atoms with Gasteiger partial charge >= 0.3 is 0 Å². The Morgan fingerprint density at radius 2 is 1.69 bits per heavy atom. The summed E-state index contributed by atoms with van der Waals surface area (Å²) in [6.07, 6.45) is 7.95. The average Bonchev–Trinajstić information content (AvgIpc) is 3.07. The Kier molecular flexibility index (Phi) is 16.4. The third-order valence-corrected chi connectivity index (χ3v) is 2.85. The number of carbonyl (C=O) groups is 2. The maximum Gasteiger partial charge on any atom is 0.267 e. The number of furan rings is 1. The van der Waals surface area contributed by atoms with Crippen LogP contribution in [0.2, 0.25) is 0 Å². The normalized spacial score (nSPS) is 10.8. The molecule has 0 aliphatic carbocycles. The molecule has 2 N–H and O–H groups in total. The summed E-state index contributed by atoms with van der Waals surface area (Å²) in [5.74, 6) is 0.713. The van der Waals surface area contributed by atoms with E-state index in [4.69, 9.17) is 4.42 Å². The number of allylic oxidation sites excluding steroid dienone is 4. The second-order valence-corrected chi connectivity index (χ2v) is 5.84. The summed E-state index contributed by atoms with van der Waals surface area (Å²) < 4.78 is 5.31. The van der Waals surface area contributed by atoms with Crippen molar-refractivity contribution in [3.63, 3.8) is 0 Å². The van der Waals surface area contributed by atoms with Crippen LogP contribution in [0, 0.1) is 6.92 Å². The molecule has 6 nitrogen and oxygen atoms in total. The summed E-state index contributed by atoms with van der Waals surface area (Å²) >= 11 is 0. The minimum Gasteiger partial charge on any atom is -0.460 e. The number of rotatable bonds is 6. The summed E-state index contributed by atoms with van der Waals surface area (Å²) in [6.45, 7) is 18.2. The van der Waals surface area contributed by atoms with Gasteiger partial charge in [-0.05, 0) is 59.8 Å². The standard InChI is InChI=1S/C18H23N3O3.C3H6.C2H6/c1-6-15(20-17(22)9-12(2)3)10-13(4)18(23)21-19-11-16-8-7-14(5)24-16;1-3-2;1-2/h6-11H,1-5H3,(H,20,22)(H,21,23);3H,1H2,2H3;1-2H3/b13-10+,15-6+,19-11+;;. The van der Waals surface area contributed by atoms with Crippen LogP contribution in [0.3, 0.4) is 0 Å². The Balaban J connectivity index is 0. The third-order valence-electron chi connectivity index (χ3n) is 2.85. The summed E-state index contributed by atoms with van der Waals surface area (Å²) in [6, 6.07) is 3.56. The van der Waals surface area contributed by atoms with Gasteiger partial charge in [-0.1, -0.05) is 31.6 Å². The second kappa shape index (κ2) is 17.0. The van der Waals surface area contributed by atoms with Gasteiger partial charge in [-0.2, -0.15) is 5.10 Å². The van der Waals surface area contributed by atoms with Crippen molar-refractivity contribution >= 4 is 18.0 Å². The van der Waals surface area contributed by atoms with Gasteiger partial charge in [-0.3, -0.25) is 9.59 Å². The maximum absolute atomic E-state index is 12.0. The molecule has 0 saturated carbocycles. The summed E-state index contributed by atoms with van der Waals surface area (Å²) in [5, 5.41) is 6.54. The minimum absolute atomic E-state index is 0.237. The van der Waals surface area contributed by atoms with E-state index in [9.17, 15) is 9.59 Å². The largest absolute Gasteiger partial charge is 0.460 e. The van der Waals surface area contributed by atoms with Crippen LogP contribution in [-0.4, -0.2) is 18.0 Å². The fourth-order valence-electron chi connectivity index (χ4n) is 1.70. The molecular weight excluding hydrogens is 366 g/mol. The van der Waals surface area contributed by atoms with E-state index in [2.05, 4.69) is 22.4 Å². The minimum atomic E-state index is -0.370. The van der Waals surface area contributed by atoms with Gasteiger partial charge in [-0.25, -0.2) is 5.43 Å². The summed E-state index contributed by atoms with van der Waals surface area (Å²) in [7, 11) is 0. The van der Waals surface area contributed by atoms with Gasteiger partial charge in [-0.15, -0.1) is 6.58 Å². The fraction of sp³-hybridized carbons (Fsp3) is 0.348. The van der Waals surface area contributed by atoms with Crippen LogP contribution < -0.4 is 10.7 Å². The zero-order valence-corrected chi connectivity index (χ0v) is 18.9. The lowest BCUT2D eigenvalue weighted by molar-refractivity contribution is -0.117. The lowest BCUT2D eigenvalue weighted by atomic mass is 10.2. The highest BCUT2D eigenvalue weighted by Gasteiger charge is 2.05. The van der Waals surface area contributed by atoms with E-state index < -0.39 is 0 Å². The van der Waals surface area contributed by atoms with Crippen molar-refractivity contribution in [1.29, 1.82) is 0 Å². The Morgan fingerprint density at radius 1 is 1.10 bits per heavy atom. The van der Waals surface area contributed by atoms with Gasteiger partial charge < -0.3 is 9.73 Å². The van der Waals surface area contributed by atoms with E-state index in [1.54, 1.807) is 38.1 Å². The van der Waals surface area contributed by atoms with Crippen LogP contribution in [-0.2, 0) is 9.59 Å². The molecular formula is C23H35N3O3. The first-order valence-corrected chi connectivity index (χ1v) is 9.50. The monoisotopic (exact) mass is 401 g/mol. The number of carbonyl (C=O) groups excluding carboxylic acids is 2. The van der Waals surface area contributed by atoms with Crippen LogP contribution in [0.5, 0.6) is 0 Å². The van der Waals surface area contributed by atoms with E-state index in [1.807, 2.05) is 47.6 Å². The number of hydrazone groups is 1. The van der Waals surface area contributed by atoms with Crippen molar-refractivity contribution in [2.45, 2.75) is 55.4 Å². The Labute approximate surface area is 175 Å². The molecule has 0 spiro atoms. The van der Waals surface area contributed by atoms with E-state index in [0.717, 1.165) is 11.3 Å². The highest BCUT2D eigenvalue weighted by atomic mass is 16.3. The average molecular weight is 402 g/mol. The van der Waals surface area contributed by atoms with Crippen LogP contribution in [0.25, 0.3) is 0 Å². The number of nitrogens with one attached hydrogen (secondary N) is 2. The van der Waals surface area contributed by atoms with E-state index in [0.29, 0.717) is 17.0 Å². The van der Waals surface area contributed by atoms with Crippen LogP contribution in [0.1, 0.15) is 60.0 Å². The molecule has 0 radical (unpaired) electrons. The number of hydrogen-bond donors (Lipinski definition) is 2. The predicted octanol–water partition coefficient (Wildman–Crippen LogP) is 5.19. The van der Waals surface area contributed by atoms with Gasteiger partial charge in [0.05, 0.1) is 6.21 Å². The van der Waals surface area contributed by atoms with Crippen LogP contribution in [0.4, 0.5) is 0 Å². The van der Waals surface area contributed by atoms with E-state index in [1.165, 1.54) is 12.3 Å². The van der Waals surface area contributed by atoms with Gasteiger partial charge in [0.1, 0.15) is 11.5 Å². The predicted molar refractivity (Wildman–Crippen MR) is 121 cm³/mol. The maximum atomic E-state index is 12.0. The van der Waals surface area contributed by atoms with Crippen LogP contribution in [0.15, 0.2) is 69.4 Å². The van der Waals surface area contributed by atoms with Gasteiger partial charge in [0.15, 0.2) is 0 Å². The van der Waals surface area contributed by atoms with Crippen molar-refractivity contribution in [3.05, 3.63) is 71.4 Å². The molecule has 0 aliphatic heterocycles. The van der Waals surface area contributed by atoms with E-state index in [-0.39, 0.29) is 11.8 Å². The van der Waals surface area contributed by atoms with E-state index >= 15 is 0 Å². The number of nitrogens with zero attached hydrogens (tertiary/aromatic N) is 1. The smallest absolute Gasteiger partial charge is 0.267 e.